The molecule has 7 nitrogen and oxygen atoms in total. The molecule has 0 bridgehead atoms. The lowest BCUT2D eigenvalue weighted by atomic mass is 10.0. The van der Waals surface area contributed by atoms with E-state index in [-0.39, 0.29) is 24.5 Å². The molecule has 0 aliphatic carbocycles. The summed E-state index contributed by atoms with van der Waals surface area (Å²) in [5, 5.41) is 9.36. The Hall–Kier alpha value is -3.13. The summed E-state index contributed by atoms with van der Waals surface area (Å²) in [4.78, 5) is 24.5. The van der Waals surface area contributed by atoms with Gasteiger partial charge < -0.3 is 25.4 Å². The molecule has 2 aromatic carbocycles. The Kier molecular flexibility index (Phi) is 11.2. The fraction of sp³-hybridized carbons (Fsp3) is 0.400. The first-order valence-electron chi connectivity index (χ1n) is 11.0. The molecule has 3 N–H and O–H groups in total. The van der Waals surface area contributed by atoms with Crippen LogP contribution < -0.4 is 16.0 Å². The third-order valence-electron chi connectivity index (χ3n) is 4.87. The SMILES string of the molecule is COC(=O)[C@H](CC(C)C)NC(=S)NC[C@H](Cc1ccccc1)NC(=O)OCc1ccccc1. The normalized spacial score (nSPS) is 12.4. The third-order valence-corrected chi connectivity index (χ3v) is 5.13. The lowest BCUT2D eigenvalue weighted by Crippen LogP contribution is -2.51. The van der Waals surface area contributed by atoms with E-state index < -0.39 is 12.1 Å². The van der Waals surface area contributed by atoms with Crippen LogP contribution in [0.15, 0.2) is 60.7 Å². The van der Waals surface area contributed by atoms with Crippen molar-refractivity contribution in [3.8, 4) is 0 Å². The molecule has 0 aliphatic heterocycles. The molecule has 2 rings (SSSR count). The van der Waals surface area contributed by atoms with Gasteiger partial charge in [0.2, 0.25) is 0 Å². The number of ether oxygens (including phenoxy) is 2. The summed E-state index contributed by atoms with van der Waals surface area (Å²) in [6.45, 7) is 4.59. The molecular weight excluding hydrogens is 438 g/mol. The van der Waals surface area contributed by atoms with Gasteiger partial charge in [0.15, 0.2) is 5.11 Å². The summed E-state index contributed by atoms with van der Waals surface area (Å²) in [7, 11) is 1.36. The zero-order valence-corrected chi connectivity index (χ0v) is 20.2. The van der Waals surface area contributed by atoms with Gasteiger partial charge in [0, 0.05) is 6.54 Å². The minimum atomic E-state index is -0.536. The van der Waals surface area contributed by atoms with Crippen molar-refractivity contribution >= 4 is 29.4 Å². The number of alkyl carbamates (subject to hydrolysis) is 1. The van der Waals surface area contributed by atoms with E-state index in [1.807, 2.05) is 74.5 Å². The number of amides is 1. The zero-order valence-electron chi connectivity index (χ0n) is 19.4. The number of methoxy groups -OCH3 is 1. The smallest absolute Gasteiger partial charge is 0.407 e. The van der Waals surface area contributed by atoms with Crippen molar-refractivity contribution in [3.05, 3.63) is 71.8 Å². The molecule has 0 aromatic heterocycles. The second-order valence-electron chi connectivity index (χ2n) is 8.15. The van der Waals surface area contributed by atoms with Gasteiger partial charge in [-0.1, -0.05) is 74.5 Å². The van der Waals surface area contributed by atoms with Crippen molar-refractivity contribution in [1.29, 1.82) is 0 Å². The Morgan fingerprint density at radius 3 is 2.12 bits per heavy atom. The Morgan fingerprint density at radius 2 is 1.55 bits per heavy atom. The van der Waals surface area contributed by atoms with E-state index in [1.54, 1.807) is 0 Å². The van der Waals surface area contributed by atoms with Crippen LogP contribution in [0.1, 0.15) is 31.4 Å². The van der Waals surface area contributed by atoms with Gasteiger partial charge in [-0.3, -0.25) is 0 Å². The summed E-state index contributed by atoms with van der Waals surface area (Å²) in [6.07, 6.45) is 0.669. The molecule has 1 amide bonds. The molecule has 8 heteroatoms. The van der Waals surface area contributed by atoms with Gasteiger partial charge in [-0.25, -0.2) is 9.59 Å². The lowest BCUT2D eigenvalue weighted by Gasteiger charge is -2.23. The number of thiocarbonyl (C=S) groups is 1. The number of benzene rings is 2. The van der Waals surface area contributed by atoms with E-state index in [2.05, 4.69) is 16.0 Å². The van der Waals surface area contributed by atoms with Crippen molar-refractivity contribution in [2.75, 3.05) is 13.7 Å². The average molecular weight is 472 g/mol. The van der Waals surface area contributed by atoms with Crippen LogP contribution in [0.2, 0.25) is 0 Å². The highest BCUT2D eigenvalue weighted by molar-refractivity contribution is 7.80. The summed E-state index contributed by atoms with van der Waals surface area (Å²) in [6, 6.07) is 18.5. The summed E-state index contributed by atoms with van der Waals surface area (Å²) >= 11 is 5.39. The van der Waals surface area contributed by atoms with Crippen LogP contribution in [-0.2, 0) is 27.3 Å². The van der Waals surface area contributed by atoms with E-state index in [0.717, 1.165) is 11.1 Å². The molecule has 0 saturated carbocycles. The van der Waals surface area contributed by atoms with Gasteiger partial charge in [0.05, 0.1) is 13.2 Å². The van der Waals surface area contributed by atoms with Crippen LogP contribution in [0.25, 0.3) is 0 Å². The highest BCUT2D eigenvalue weighted by Gasteiger charge is 2.22. The second kappa shape index (κ2) is 14.1. The monoisotopic (exact) mass is 471 g/mol. The summed E-state index contributed by atoms with van der Waals surface area (Å²) in [5.74, 6) is -0.0763. The maximum Gasteiger partial charge on any atom is 0.407 e. The number of hydrogen-bond acceptors (Lipinski definition) is 5. The van der Waals surface area contributed by atoms with E-state index in [0.29, 0.717) is 24.5 Å². The van der Waals surface area contributed by atoms with Gasteiger partial charge >= 0.3 is 12.1 Å². The van der Waals surface area contributed by atoms with Crippen LogP contribution in [0.4, 0.5) is 4.79 Å². The molecule has 0 fully saturated rings. The number of carbonyl (C=O) groups is 2. The van der Waals surface area contributed by atoms with Crippen LogP contribution in [0, 0.1) is 5.92 Å². The van der Waals surface area contributed by atoms with Crippen molar-refractivity contribution in [3.63, 3.8) is 0 Å². The molecule has 0 heterocycles. The first kappa shape index (κ1) is 26.1. The Balaban J connectivity index is 1.94. The standard InChI is InChI=1S/C25H33N3O4S/c1-18(2)14-22(23(29)31-3)28-24(33)26-16-21(15-19-10-6-4-7-11-19)27-25(30)32-17-20-12-8-5-9-13-20/h4-13,18,21-22H,14-17H2,1-3H3,(H,27,30)(H2,26,28,33)/t21-,22-/m0/s1. The van der Waals surface area contributed by atoms with Crippen molar-refractivity contribution < 1.29 is 19.1 Å². The predicted octanol–water partition coefficient (Wildman–Crippen LogP) is 3.58. The van der Waals surface area contributed by atoms with Crippen molar-refractivity contribution in [2.45, 2.75) is 45.4 Å². The van der Waals surface area contributed by atoms with E-state index in [1.165, 1.54) is 7.11 Å². The van der Waals surface area contributed by atoms with Crippen LogP contribution in [-0.4, -0.2) is 42.9 Å². The van der Waals surface area contributed by atoms with Crippen LogP contribution in [0.5, 0.6) is 0 Å². The molecule has 33 heavy (non-hydrogen) atoms. The number of esters is 1. The Bertz CT molecular complexity index is 878. The van der Waals surface area contributed by atoms with Gasteiger partial charge in [-0.05, 0) is 42.1 Å². The van der Waals surface area contributed by atoms with Gasteiger partial charge in [0.25, 0.3) is 0 Å². The zero-order chi connectivity index (χ0) is 24.1. The number of rotatable bonds is 11. The van der Waals surface area contributed by atoms with E-state index >= 15 is 0 Å². The minimum absolute atomic E-state index is 0.189. The number of nitrogens with one attached hydrogen (secondary N) is 3. The molecule has 178 valence electrons. The molecule has 0 radical (unpaired) electrons. The fourth-order valence-corrected chi connectivity index (χ4v) is 3.48. The molecule has 0 spiro atoms. The van der Waals surface area contributed by atoms with Gasteiger partial charge in [0.1, 0.15) is 12.6 Å². The molecule has 0 saturated heterocycles. The topological polar surface area (TPSA) is 88.7 Å². The first-order valence-corrected chi connectivity index (χ1v) is 11.4. The fourth-order valence-electron chi connectivity index (χ4n) is 3.26. The van der Waals surface area contributed by atoms with Gasteiger partial charge in [-0.2, -0.15) is 0 Å². The highest BCUT2D eigenvalue weighted by Crippen LogP contribution is 2.07. The largest absolute Gasteiger partial charge is 0.467 e. The lowest BCUT2D eigenvalue weighted by molar-refractivity contribution is -0.143. The molecule has 0 aliphatic rings. The summed E-state index contributed by atoms with van der Waals surface area (Å²) < 4.78 is 10.2. The van der Waals surface area contributed by atoms with E-state index in [9.17, 15) is 9.59 Å². The number of hydrogen-bond donors (Lipinski definition) is 3. The maximum atomic E-state index is 12.4. The minimum Gasteiger partial charge on any atom is -0.467 e. The molecule has 2 atom stereocenters. The average Bonchev–Trinajstić information content (AvgIpc) is 2.81. The third kappa shape index (κ3) is 10.4. The molecular formula is C25H33N3O4S. The Morgan fingerprint density at radius 1 is 0.939 bits per heavy atom. The highest BCUT2D eigenvalue weighted by atomic mass is 32.1. The van der Waals surface area contributed by atoms with Crippen LogP contribution in [0.3, 0.4) is 0 Å². The predicted molar refractivity (Wildman–Crippen MR) is 133 cm³/mol. The molecule has 0 unspecified atom stereocenters. The van der Waals surface area contributed by atoms with Crippen LogP contribution >= 0.6 is 12.2 Å². The van der Waals surface area contributed by atoms with Crippen molar-refractivity contribution in [2.24, 2.45) is 5.92 Å². The second-order valence-corrected chi connectivity index (χ2v) is 8.56. The van der Waals surface area contributed by atoms with Crippen molar-refractivity contribution in [1.82, 2.24) is 16.0 Å². The maximum absolute atomic E-state index is 12.4. The quantitative estimate of drug-likeness (QED) is 0.341. The molecule has 2 aromatic rings. The van der Waals surface area contributed by atoms with Gasteiger partial charge in [-0.15, -0.1) is 0 Å². The summed E-state index contributed by atoms with van der Waals surface area (Å²) in [5.41, 5.74) is 1.98. The number of carbonyl (C=O) groups excluding carboxylic acids is 2. The Labute approximate surface area is 201 Å². The first-order chi connectivity index (χ1) is 15.9. The van der Waals surface area contributed by atoms with E-state index in [4.69, 9.17) is 21.7 Å².